The molecule has 2 aliphatic heterocycles. The van der Waals surface area contributed by atoms with Gasteiger partial charge in [-0.05, 0) is 24.6 Å². The Labute approximate surface area is 158 Å². The highest BCUT2D eigenvalue weighted by molar-refractivity contribution is 7.89. The highest BCUT2D eigenvalue weighted by atomic mass is 32.2. The van der Waals surface area contributed by atoms with Crippen LogP contribution in [0.15, 0.2) is 59.5 Å². The highest BCUT2D eigenvalue weighted by Crippen LogP contribution is 2.35. The Morgan fingerprint density at radius 3 is 2.52 bits per heavy atom. The van der Waals surface area contributed by atoms with E-state index in [0.717, 1.165) is 11.1 Å². The molecule has 2 bridgehead atoms. The predicted molar refractivity (Wildman–Crippen MR) is 98.4 cm³/mol. The summed E-state index contributed by atoms with van der Waals surface area (Å²) in [6, 6.07) is 15.4. The third-order valence-electron chi connectivity index (χ3n) is 4.98. The number of ketones is 1. The third-order valence-corrected chi connectivity index (χ3v) is 6.86. The molecule has 0 spiro atoms. The number of sulfonamides is 1. The van der Waals surface area contributed by atoms with Gasteiger partial charge in [0.2, 0.25) is 10.0 Å². The summed E-state index contributed by atoms with van der Waals surface area (Å²) < 4.78 is 39.1. The lowest BCUT2D eigenvalue weighted by atomic mass is 10.0. The molecule has 2 aromatic carbocycles. The van der Waals surface area contributed by atoms with Gasteiger partial charge in [0.25, 0.3) is 0 Å². The molecule has 2 fully saturated rings. The number of fused-ring (bicyclic) bond motifs is 2. The van der Waals surface area contributed by atoms with Crippen LogP contribution >= 0.6 is 0 Å². The van der Waals surface area contributed by atoms with Crippen molar-refractivity contribution in [3.05, 3.63) is 65.7 Å². The van der Waals surface area contributed by atoms with Crippen LogP contribution in [-0.4, -0.2) is 43.5 Å². The van der Waals surface area contributed by atoms with Gasteiger partial charge in [0.1, 0.15) is 12.1 Å². The minimum Gasteiger partial charge on any atom is -0.369 e. The maximum Gasteiger partial charge on any atom is 0.246 e. The fourth-order valence-corrected chi connectivity index (χ4v) is 5.22. The zero-order valence-electron chi connectivity index (χ0n) is 14.9. The molecule has 0 radical (unpaired) electrons. The Hall–Kier alpha value is -2.06. The van der Waals surface area contributed by atoms with Gasteiger partial charge in [-0.2, -0.15) is 4.31 Å². The molecule has 0 saturated carbocycles. The Bertz CT molecular complexity index is 927. The van der Waals surface area contributed by atoms with E-state index < -0.39 is 28.4 Å². The number of aryl methyl sites for hydroxylation is 1. The van der Waals surface area contributed by atoms with Crippen molar-refractivity contribution < 1.29 is 22.7 Å². The standard InChI is InChI=1S/C20H21NO5S/c1-14-7-9-16(10-8-14)27(23,24)21-17-13-26-20(21)19(11-18(17)22)25-12-15-5-3-2-4-6-15/h2-10,17,19-20H,11-13H2,1H3/t17-,19-,20+/m0/s1. The molecular weight excluding hydrogens is 366 g/mol. The molecule has 2 aromatic rings. The first kappa shape index (κ1) is 18.3. The van der Waals surface area contributed by atoms with Crippen molar-refractivity contribution in [2.24, 2.45) is 0 Å². The van der Waals surface area contributed by atoms with Crippen molar-refractivity contribution in [1.82, 2.24) is 4.31 Å². The number of Topliss-reactive ketones (excluding diaryl/α,β-unsaturated/α-hetero) is 1. The second-order valence-corrected chi connectivity index (χ2v) is 8.74. The molecule has 3 atom stereocenters. The molecule has 6 nitrogen and oxygen atoms in total. The van der Waals surface area contributed by atoms with E-state index in [-0.39, 0.29) is 23.7 Å². The summed E-state index contributed by atoms with van der Waals surface area (Å²) in [7, 11) is -3.86. The van der Waals surface area contributed by atoms with Gasteiger partial charge in [0.15, 0.2) is 12.0 Å². The lowest BCUT2D eigenvalue weighted by Gasteiger charge is -2.35. The van der Waals surface area contributed by atoms with Crippen LogP contribution in [0, 0.1) is 6.92 Å². The van der Waals surface area contributed by atoms with Gasteiger partial charge < -0.3 is 9.47 Å². The van der Waals surface area contributed by atoms with Crippen LogP contribution in [0.5, 0.6) is 0 Å². The summed E-state index contributed by atoms with van der Waals surface area (Å²) in [5, 5.41) is 0. The van der Waals surface area contributed by atoms with Gasteiger partial charge in [-0.25, -0.2) is 8.42 Å². The van der Waals surface area contributed by atoms with Gasteiger partial charge in [-0.15, -0.1) is 0 Å². The van der Waals surface area contributed by atoms with Gasteiger partial charge in [0, 0.05) is 6.42 Å². The molecule has 27 heavy (non-hydrogen) atoms. The molecule has 7 heteroatoms. The Kier molecular flexibility index (Phi) is 4.86. The first-order chi connectivity index (χ1) is 13.0. The summed E-state index contributed by atoms with van der Waals surface area (Å²) in [6.07, 6.45) is -1.26. The number of nitrogens with zero attached hydrogens (tertiary/aromatic N) is 1. The van der Waals surface area contributed by atoms with Crippen LogP contribution in [0.1, 0.15) is 17.5 Å². The third kappa shape index (κ3) is 3.43. The Balaban J connectivity index is 1.59. The van der Waals surface area contributed by atoms with E-state index in [0.29, 0.717) is 6.61 Å². The monoisotopic (exact) mass is 387 g/mol. The maximum atomic E-state index is 13.2. The van der Waals surface area contributed by atoms with Crippen molar-refractivity contribution >= 4 is 15.8 Å². The number of hydrogen-bond donors (Lipinski definition) is 0. The van der Waals surface area contributed by atoms with Crippen molar-refractivity contribution in [3.8, 4) is 0 Å². The van der Waals surface area contributed by atoms with E-state index >= 15 is 0 Å². The van der Waals surface area contributed by atoms with Gasteiger partial charge in [0.05, 0.1) is 18.1 Å². The van der Waals surface area contributed by atoms with Crippen LogP contribution in [0.3, 0.4) is 0 Å². The lowest BCUT2D eigenvalue weighted by Crippen LogP contribution is -2.55. The van der Waals surface area contributed by atoms with E-state index in [9.17, 15) is 13.2 Å². The second kappa shape index (κ2) is 7.16. The number of carbonyl (C=O) groups is 1. The number of hydrogen-bond acceptors (Lipinski definition) is 5. The molecule has 0 N–H and O–H groups in total. The minimum absolute atomic E-state index is 0.0692. The smallest absolute Gasteiger partial charge is 0.246 e. The number of carbonyl (C=O) groups excluding carboxylic acids is 1. The van der Waals surface area contributed by atoms with Crippen molar-refractivity contribution in [3.63, 3.8) is 0 Å². The molecule has 2 aliphatic rings. The van der Waals surface area contributed by atoms with Crippen molar-refractivity contribution in [1.29, 1.82) is 0 Å². The van der Waals surface area contributed by atoms with Gasteiger partial charge in [-0.3, -0.25) is 4.79 Å². The van der Waals surface area contributed by atoms with Crippen LogP contribution in [0.2, 0.25) is 0 Å². The highest BCUT2D eigenvalue weighted by Gasteiger charge is 2.54. The SMILES string of the molecule is Cc1ccc(S(=O)(=O)N2[C@@H]3OC[C@H]2C(=O)C[C@@H]3OCc2ccccc2)cc1. The van der Waals surface area contributed by atoms with Crippen LogP contribution < -0.4 is 0 Å². The number of ether oxygens (including phenoxy) is 2. The molecule has 4 rings (SSSR count). The normalized spacial score (nSPS) is 25.7. The Morgan fingerprint density at radius 1 is 1.11 bits per heavy atom. The van der Waals surface area contributed by atoms with Gasteiger partial charge >= 0.3 is 0 Å². The lowest BCUT2D eigenvalue weighted by molar-refractivity contribution is -0.137. The summed E-state index contributed by atoms with van der Waals surface area (Å²) >= 11 is 0. The first-order valence-corrected chi connectivity index (χ1v) is 10.3. The Morgan fingerprint density at radius 2 is 1.81 bits per heavy atom. The topological polar surface area (TPSA) is 72.9 Å². The van der Waals surface area contributed by atoms with Crippen LogP contribution in [0.4, 0.5) is 0 Å². The number of rotatable bonds is 5. The fourth-order valence-electron chi connectivity index (χ4n) is 3.51. The van der Waals surface area contributed by atoms with Gasteiger partial charge in [-0.1, -0.05) is 48.0 Å². The van der Waals surface area contributed by atoms with Crippen molar-refractivity contribution in [2.75, 3.05) is 6.61 Å². The summed E-state index contributed by atoms with van der Waals surface area (Å²) in [5.41, 5.74) is 1.92. The molecule has 142 valence electrons. The molecule has 2 saturated heterocycles. The fraction of sp³-hybridized carbons (Fsp3) is 0.350. The summed E-state index contributed by atoms with van der Waals surface area (Å²) in [6.45, 7) is 2.25. The largest absolute Gasteiger partial charge is 0.369 e. The van der Waals surface area contributed by atoms with E-state index in [1.807, 2.05) is 37.3 Å². The van der Waals surface area contributed by atoms with E-state index in [2.05, 4.69) is 0 Å². The van der Waals surface area contributed by atoms with E-state index in [1.165, 1.54) is 4.31 Å². The zero-order valence-corrected chi connectivity index (χ0v) is 15.8. The quantitative estimate of drug-likeness (QED) is 0.787. The van der Waals surface area contributed by atoms with E-state index in [1.54, 1.807) is 24.3 Å². The maximum absolute atomic E-state index is 13.2. The zero-order chi connectivity index (χ0) is 19.0. The number of benzene rings is 2. The number of piperidine rings is 1. The molecule has 2 heterocycles. The summed E-state index contributed by atoms with van der Waals surface area (Å²) in [4.78, 5) is 12.7. The predicted octanol–water partition coefficient (Wildman–Crippen LogP) is 2.27. The molecule has 0 unspecified atom stereocenters. The molecule has 0 amide bonds. The molecule has 0 aromatic heterocycles. The summed E-state index contributed by atoms with van der Waals surface area (Å²) in [5.74, 6) is -0.169. The van der Waals surface area contributed by atoms with Crippen molar-refractivity contribution in [2.45, 2.75) is 43.2 Å². The first-order valence-electron chi connectivity index (χ1n) is 8.87. The molecule has 0 aliphatic carbocycles. The van der Waals surface area contributed by atoms with E-state index in [4.69, 9.17) is 9.47 Å². The van der Waals surface area contributed by atoms with Crippen LogP contribution in [0.25, 0.3) is 0 Å². The average Bonchev–Trinajstić information content (AvgIpc) is 3.06. The average molecular weight is 387 g/mol. The van der Waals surface area contributed by atoms with Crippen LogP contribution in [-0.2, 0) is 30.9 Å². The minimum atomic E-state index is -3.86. The molecular formula is C20H21NO5S. The second-order valence-electron chi connectivity index (χ2n) is 6.89.